The number of hydrogen-bond acceptors (Lipinski definition) is 2. The van der Waals surface area contributed by atoms with E-state index in [9.17, 15) is 4.79 Å². The largest absolute Gasteiger partial charge is 0.458 e. The highest BCUT2D eigenvalue weighted by molar-refractivity contribution is 6.04. The van der Waals surface area contributed by atoms with Gasteiger partial charge in [-0.1, -0.05) is 35.9 Å². The van der Waals surface area contributed by atoms with E-state index in [0.717, 1.165) is 11.3 Å². The van der Waals surface area contributed by atoms with E-state index in [1.54, 1.807) is 18.2 Å². The summed E-state index contributed by atoms with van der Waals surface area (Å²) < 4.78 is 5.25. The van der Waals surface area contributed by atoms with Gasteiger partial charge in [0.2, 0.25) is 5.78 Å². The van der Waals surface area contributed by atoms with Crippen molar-refractivity contribution in [2.24, 2.45) is 0 Å². The monoisotopic (exact) mass is 226 g/mol. The molecule has 1 aromatic carbocycles. The molecule has 2 heteroatoms. The van der Waals surface area contributed by atoms with Crippen LogP contribution in [-0.2, 0) is 0 Å². The SMILES string of the molecule is Cc1ccc(C=CC(=O)c2ccc(C)o2)cc1. The van der Waals surface area contributed by atoms with Crippen LogP contribution in [0.5, 0.6) is 0 Å². The fraction of sp³-hybridized carbons (Fsp3) is 0.133. The van der Waals surface area contributed by atoms with Gasteiger partial charge in [-0.25, -0.2) is 0 Å². The lowest BCUT2D eigenvalue weighted by Crippen LogP contribution is -1.90. The van der Waals surface area contributed by atoms with E-state index >= 15 is 0 Å². The van der Waals surface area contributed by atoms with Crippen molar-refractivity contribution in [2.45, 2.75) is 13.8 Å². The van der Waals surface area contributed by atoms with Gasteiger partial charge in [-0.3, -0.25) is 4.79 Å². The molecule has 86 valence electrons. The molecule has 2 rings (SSSR count). The molecule has 0 saturated heterocycles. The van der Waals surface area contributed by atoms with E-state index in [1.807, 2.05) is 38.1 Å². The summed E-state index contributed by atoms with van der Waals surface area (Å²) in [7, 11) is 0. The highest BCUT2D eigenvalue weighted by Crippen LogP contribution is 2.10. The Labute approximate surface area is 101 Å². The molecule has 0 aliphatic carbocycles. The van der Waals surface area contributed by atoms with Crippen molar-refractivity contribution < 1.29 is 9.21 Å². The Morgan fingerprint density at radius 1 is 1.06 bits per heavy atom. The maximum Gasteiger partial charge on any atom is 0.221 e. The number of carbonyl (C=O) groups is 1. The summed E-state index contributed by atoms with van der Waals surface area (Å²) in [6.07, 6.45) is 3.32. The Kier molecular flexibility index (Phi) is 3.24. The zero-order valence-corrected chi connectivity index (χ0v) is 9.94. The molecule has 17 heavy (non-hydrogen) atoms. The quantitative estimate of drug-likeness (QED) is 0.588. The third kappa shape index (κ3) is 2.94. The zero-order chi connectivity index (χ0) is 12.3. The minimum absolute atomic E-state index is 0.112. The van der Waals surface area contributed by atoms with Gasteiger partial charge in [0.15, 0.2) is 5.76 Å². The number of ketones is 1. The average Bonchev–Trinajstić information content (AvgIpc) is 2.75. The molecule has 0 bridgehead atoms. The van der Waals surface area contributed by atoms with Gasteiger partial charge in [-0.15, -0.1) is 0 Å². The van der Waals surface area contributed by atoms with E-state index in [1.165, 1.54) is 11.6 Å². The lowest BCUT2D eigenvalue weighted by atomic mass is 10.1. The number of aryl methyl sites for hydroxylation is 2. The third-order valence-corrected chi connectivity index (χ3v) is 2.49. The molecule has 0 radical (unpaired) electrons. The molecule has 0 spiro atoms. The van der Waals surface area contributed by atoms with Crippen molar-refractivity contribution in [3.63, 3.8) is 0 Å². The van der Waals surface area contributed by atoms with E-state index < -0.39 is 0 Å². The molecule has 0 aliphatic rings. The summed E-state index contributed by atoms with van der Waals surface area (Å²) >= 11 is 0. The van der Waals surface area contributed by atoms with Crippen LogP contribution >= 0.6 is 0 Å². The van der Waals surface area contributed by atoms with E-state index in [0.29, 0.717) is 5.76 Å². The van der Waals surface area contributed by atoms with Gasteiger partial charge < -0.3 is 4.42 Å². The zero-order valence-electron chi connectivity index (χ0n) is 9.94. The molecule has 0 unspecified atom stereocenters. The Hall–Kier alpha value is -2.09. The molecule has 0 atom stereocenters. The fourth-order valence-corrected chi connectivity index (χ4v) is 1.50. The number of rotatable bonds is 3. The molecule has 0 fully saturated rings. The summed E-state index contributed by atoms with van der Waals surface area (Å²) in [6, 6.07) is 11.5. The topological polar surface area (TPSA) is 30.2 Å². The molecular weight excluding hydrogens is 212 g/mol. The van der Waals surface area contributed by atoms with Crippen LogP contribution < -0.4 is 0 Å². The lowest BCUT2D eigenvalue weighted by molar-refractivity contribution is 0.102. The van der Waals surface area contributed by atoms with Crippen LogP contribution in [0.2, 0.25) is 0 Å². The number of hydrogen-bond donors (Lipinski definition) is 0. The third-order valence-electron chi connectivity index (χ3n) is 2.49. The Balaban J connectivity index is 2.10. The summed E-state index contributed by atoms with van der Waals surface area (Å²) in [5, 5.41) is 0. The van der Waals surface area contributed by atoms with Crippen LogP contribution in [0.3, 0.4) is 0 Å². The van der Waals surface area contributed by atoms with Crippen molar-refractivity contribution in [3.8, 4) is 0 Å². The first-order valence-corrected chi connectivity index (χ1v) is 5.51. The van der Waals surface area contributed by atoms with E-state index in [2.05, 4.69) is 0 Å². The van der Waals surface area contributed by atoms with Crippen LogP contribution in [0, 0.1) is 13.8 Å². The van der Waals surface area contributed by atoms with Crippen LogP contribution in [0.25, 0.3) is 6.08 Å². The lowest BCUT2D eigenvalue weighted by Gasteiger charge is -1.94. The van der Waals surface area contributed by atoms with Crippen molar-refractivity contribution >= 4 is 11.9 Å². The van der Waals surface area contributed by atoms with Crippen LogP contribution in [0.15, 0.2) is 46.9 Å². The first-order chi connectivity index (χ1) is 8.15. The Morgan fingerprint density at radius 3 is 2.35 bits per heavy atom. The van der Waals surface area contributed by atoms with Gasteiger partial charge in [-0.2, -0.15) is 0 Å². The summed E-state index contributed by atoms with van der Waals surface area (Å²) in [5.74, 6) is 1.02. The number of carbonyl (C=O) groups excluding carboxylic acids is 1. The average molecular weight is 226 g/mol. The van der Waals surface area contributed by atoms with Crippen molar-refractivity contribution in [1.82, 2.24) is 0 Å². The van der Waals surface area contributed by atoms with Crippen LogP contribution in [0.4, 0.5) is 0 Å². The molecule has 0 saturated carbocycles. The minimum atomic E-state index is -0.112. The standard InChI is InChI=1S/C15H14O2/c1-11-3-6-13(7-4-11)8-9-14(16)15-10-5-12(2)17-15/h3-10H,1-2H3. The normalized spacial score (nSPS) is 10.9. The molecule has 0 amide bonds. The highest BCUT2D eigenvalue weighted by Gasteiger charge is 2.05. The predicted octanol–water partition coefficient (Wildman–Crippen LogP) is 3.79. The predicted molar refractivity (Wildman–Crippen MR) is 68.0 cm³/mol. The molecule has 1 aromatic heterocycles. The second kappa shape index (κ2) is 4.83. The van der Waals surface area contributed by atoms with Gasteiger partial charge in [-0.05, 0) is 37.6 Å². The second-order valence-corrected chi connectivity index (χ2v) is 4.02. The number of benzene rings is 1. The van der Waals surface area contributed by atoms with Gasteiger partial charge in [0, 0.05) is 0 Å². The smallest absolute Gasteiger partial charge is 0.221 e. The van der Waals surface area contributed by atoms with Crippen molar-refractivity contribution in [3.05, 3.63) is 65.1 Å². The van der Waals surface area contributed by atoms with E-state index in [4.69, 9.17) is 4.42 Å². The Bertz CT molecular complexity index is 545. The second-order valence-electron chi connectivity index (χ2n) is 4.02. The van der Waals surface area contributed by atoms with Crippen molar-refractivity contribution in [1.29, 1.82) is 0 Å². The van der Waals surface area contributed by atoms with E-state index in [-0.39, 0.29) is 5.78 Å². The summed E-state index contributed by atoms with van der Waals surface area (Å²) in [4.78, 5) is 11.7. The molecule has 0 aliphatic heterocycles. The van der Waals surface area contributed by atoms with Crippen LogP contribution in [0.1, 0.15) is 27.4 Å². The highest BCUT2D eigenvalue weighted by atomic mass is 16.3. The molecule has 2 aromatic rings. The summed E-state index contributed by atoms with van der Waals surface area (Å²) in [6.45, 7) is 3.85. The molecular formula is C15H14O2. The first-order valence-electron chi connectivity index (χ1n) is 5.51. The van der Waals surface area contributed by atoms with Gasteiger partial charge in [0.25, 0.3) is 0 Å². The molecule has 1 heterocycles. The maximum absolute atomic E-state index is 11.7. The van der Waals surface area contributed by atoms with Crippen molar-refractivity contribution in [2.75, 3.05) is 0 Å². The van der Waals surface area contributed by atoms with Gasteiger partial charge in [0.05, 0.1) is 0 Å². The first kappa shape index (κ1) is 11.4. The maximum atomic E-state index is 11.7. The molecule has 2 nitrogen and oxygen atoms in total. The number of allylic oxidation sites excluding steroid dienone is 1. The van der Waals surface area contributed by atoms with Gasteiger partial charge >= 0.3 is 0 Å². The Morgan fingerprint density at radius 2 is 1.76 bits per heavy atom. The fourth-order valence-electron chi connectivity index (χ4n) is 1.50. The number of furan rings is 1. The summed E-state index contributed by atoms with van der Waals surface area (Å²) in [5.41, 5.74) is 2.21. The van der Waals surface area contributed by atoms with Gasteiger partial charge in [0.1, 0.15) is 5.76 Å². The van der Waals surface area contributed by atoms with Crippen LogP contribution in [-0.4, -0.2) is 5.78 Å². The molecule has 0 N–H and O–H groups in total. The minimum Gasteiger partial charge on any atom is -0.458 e.